The maximum atomic E-state index is 14.5. The van der Waals surface area contributed by atoms with Crippen LogP contribution in [0.25, 0.3) is 0 Å². The van der Waals surface area contributed by atoms with Crippen LogP contribution in [0.4, 0.5) is 4.39 Å². The van der Waals surface area contributed by atoms with Gasteiger partial charge in [-0.05, 0) is 40.9 Å². The Labute approximate surface area is 140 Å². The third-order valence-electron chi connectivity index (χ3n) is 4.43. The van der Waals surface area contributed by atoms with Gasteiger partial charge in [0.25, 0.3) is 0 Å². The van der Waals surface area contributed by atoms with Crippen molar-refractivity contribution in [3.8, 4) is 0 Å². The van der Waals surface area contributed by atoms with E-state index >= 15 is 0 Å². The molecule has 1 saturated carbocycles. The topological polar surface area (TPSA) is 12.0 Å². The summed E-state index contributed by atoms with van der Waals surface area (Å²) in [6.45, 7) is 2.91. The Bertz CT molecular complexity index is 458. The smallest absolute Gasteiger partial charge is 0.147 e. The predicted octanol–water partition coefficient (Wildman–Crippen LogP) is 6.25. The van der Waals surface area contributed by atoms with Gasteiger partial charge in [-0.3, -0.25) is 0 Å². The number of hydrogen-bond donors (Lipinski definition) is 1. The lowest BCUT2D eigenvalue weighted by atomic mass is 9.89. The molecule has 0 spiro atoms. The molecule has 1 N–H and O–H groups in total. The summed E-state index contributed by atoms with van der Waals surface area (Å²) in [5, 5.41) is 3.63. The van der Waals surface area contributed by atoms with Crippen LogP contribution < -0.4 is 5.32 Å². The molecule has 0 aromatic heterocycles. The van der Waals surface area contributed by atoms with Gasteiger partial charge in [0.05, 0.1) is 5.02 Å². The number of rotatable bonds is 5. The molecule has 0 radical (unpaired) electrons. The van der Waals surface area contributed by atoms with E-state index in [9.17, 15) is 4.39 Å². The van der Waals surface area contributed by atoms with E-state index in [1.165, 1.54) is 38.5 Å². The largest absolute Gasteiger partial charge is 0.310 e. The zero-order chi connectivity index (χ0) is 15.2. The second-order valence-corrected chi connectivity index (χ2v) is 7.20. The van der Waals surface area contributed by atoms with E-state index in [4.69, 9.17) is 11.6 Å². The van der Waals surface area contributed by atoms with Crippen molar-refractivity contribution in [2.75, 3.05) is 6.54 Å². The van der Waals surface area contributed by atoms with Gasteiger partial charge in [0, 0.05) is 16.1 Å². The molecule has 0 saturated heterocycles. The monoisotopic (exact) mass is 375 g/mol. The van der Waals surface area contributed by atoms with Crippen LogP contribution in [0.1, 0.15) is 63.5 Å². The van der Waals surface area contributed by atoms with Gasteiger partial charge in [-0.25, -0.2) is 4.39 Å². The van der Waals surface area contributed by atoms with Crippen LogP contribution in [0.2, 0.25) is 5.02 Å². The standard InChI is InChI=1S/C17H24BrClFN/c1-2-21-15(11-12-7-5-3-4-6-8-12)13-9-10-14(18)16(19)17(13)20/h9-10,12,15,21H,2-8,11H2,1H3. The normalized spacial score (nSPS) is 18.5. The SMILES string of the molecule is CCNC(CC1CCCCCC1)c1ccc(Br)c(Cl)c1F. The van der Waals surface area contributed by atoms with Crippen molar-refractivity contribution in [2.24, 2.45) is 5.92 Å². The van der Waals surface area contributed by atoms with E-state index in [-0.39, 0.29) is 16.9 Å². The van der Waals surface area contributed by atoms with Crippen molar-refractivity contribution in [3.63, 3.8) is 0 Å². The van der Waals surface area contributed by atoms with Gasteiger partial charge in [0.2, 0.25) is 0 Å². The molecule has 21 heavy (non-hydrogen) atoms. The molecular formula is C17H24BrClFN. The minimum atomic E-state index is -0.286. The van der Waals surface area contributed by atoms with Crippen LogP contribution in [-0.2, 0) is 0 Å². The molecule has 1 nitrogen and oxygen atoms in total. The first-order valence-electron chi connectivity index (χ1n) is 8.00. The number of nitrogens with one attached hydrogen (secondary N) is 1. The summed E-state index contributed by atoms with van der Waals surface area (Å²) in [6.07, 6.45) is 8.87. The van der Waals surface area contributed by atoms with Gasteiger partial charge < -0.3 is 5.32 Å². The molecule has 2 rings (SSSR count). The number of benzene rings is 1. The second kappa shape index (κ2) is 8.50. The van der Waals surface area contributed by atoms with E-state index in [1.54, 1.807) is 0 Å². The Morgan fingerprint density at radius 2 is 1.95 bits per heavy atom. The molecule has 4 heteroatoms. The molecule has 0 aliphatic heterocycles. The molecular weight excluding hydrogens is 353 g/mol. The highest BCUT2D eigenvalue weighted by molar-refractivity contribution is 9.10. The average molecular weight is 377 g/mol. The Morgan fingerprint density at radius 3 is 2.57 bits per heavy atom. The summed E-state index contributed by atoms with van der Waals surface area (Å²) in [5.74, 6) is 0.406. The molecule has 1 aromatic carbocycles. The van der Waals surface area contributed by atoms with E-state index in [0.717, 1.165) is 13.0 Å². The first-order chi connectivity index (χ1) is 10.1. The molecule has 0 heterocycles. The van der Waals surface area contributed by atoms with Crippen molar-refractivity contribution in [3.05, 3.63) is 33.0 Å². The fraction of sp³-hybridized carbons (Fsp3) is 0.647. The zero-order valence-corrected chi connectivity index (χ0v) is 14.9. The van der Waals surface area contributed by atoms with Crippen molar-refractivity contribution in [1.82, 2.24) is 5.32 Å². The Kier molecular flexibility index (Phi) is 6.97. The Morgan fingerprint density at radius 1 is 1.29 bits per heavy atom. The second-order valence-electron chi connectivity index (χ2n) is 5.97. The number of hydrogen-bond acceptors (Lipinski definition) is 1. The van der Waals surface area contributed by atoms with Gasteiger partial charge in [0.1, 0.15) is 5.82 Å². The third-order valence-corrected chi connectivity index (χ3v) is 5.69. The Balaban J connectivity index is 2.16. The summed E-state index contributed by atoms with van der Waals surface area (Å²) < 4.78 is 15.1. The lowest BCUT2D eigenvalue weighted by Gasteiger charge is -2.24. The summed E-state index contributed by atoms with van der Waals surface area (Å²) in [7, 11) is 0. The van der Waals surface area contributed by atoms with Crippen LogP contribution >= 0.6 is 27.5 Å². The summed E-state index contributed by atoms with van der Waals surface area (Å²) in [6, 6.07) is 3.76. The van der Waals surface area contributed by atoms with Crippen LogP contribution in [0.3, 0.4) is 0 Å². The van der Waals surface area contributed by atoms with Gasteiger partial charge >= 0.3 is 0 Å². The Hall–Kier alpha value is -0.120. The summed E-state index contributed by atoms with van der Waals surface area (Å²) in [5.41, 5.74) is 0.703. The summed E-state index contributed by atoms with van der Waals surface area (Å²) in [4.78, 5) is 0. The minimum Gasteiger partial charge on any atom is -0.310 e. The van der Waals surface area contributed by atoms with Gasteiger partial charge in [-0.15, -0.1) is 0 Å². The molecule has 0 bridgehead atoms. The quantitative estimate of drug-likeness (QED) is 0.473. The van der Waals surface area contributed by atoms with Crippen LogP contribution in [-0.4, -0.2) is 6.54 Å². The molecule has 0 amide bonds. The molecule has 1 atom stereocenters. The van der Waals surface area contributed by atoms with Crippen molar-refractivity contribution >= 4 is 27.5 Å². The van der Waals surface area contributed by atoms with E-state index in [1.807, 2.05) is 12.1 Å². The van der Waals surface area contributed by atoms with Crippen molar-refractivity contribution in [1.29, 1.82) is 0 Å². The predicted molar refractivity (Wildman–Crippen MR) is 91.3 cm³/mol. The molecule has 1 unspecified atom stereocenters. The van der Waals surface area contributed by atoms with E-state index in [0.29, 0.717) is 16.0 Å². The van der Waals surface area contributed by atoms with Crippen LogP contribution in [0, 0.1) is 11.7 Å². The molecule has 1 aromatic rings. The highest BCUT2D eigenvalue weighted by Crippen LogP contribution is 2.35. The van der Waals surface area contributed by atoms with Gasteiger partial charge in [0.15, 0.2) is 0 Å². The fourth-order valence-corrected chi connectivity index (χ4v) is 3.79. The summed E-state index contributed by atoms with van der Waals surface area (Å²) >= 11 is 9.33. The van der Waals surface area contributed by atoms with Gasteiger partial charge in [-0.2, -0.15) is 0 Å². The fourth-order valence-electron chi connectivity index (χ4n) is 3.31. The van der Waals surface area contributed by atoms with Crippen LogP contribution in [0.15, 0.2) is 16.6 Å². The van der Waals surface area contributed by atoms with Crippen LogP contribution in [0.5, 0.6) is 0 Å². The van der Waals surface area contributed by atoms with E-state index in [2.05, 4.69) is 28.2 Å². The molecule has 1 aliphatic rings. The third kappa shape index (κ3) is 4.67. The first-order valence-corrected chi connectivity index (χ1v) is 9.17. The molecule has 1 fully saturated rings. The number of halogens is 3. The maximum Gasteiger partial charge on any atom is 0.147 e. The lowest BCUT2D eigenvalue weighted by molar-refractivity contribution is 0.353. The van der Waals surface area contributed by atoms with Crippen molar-refractivity contribution in [2.45, 2.75) is 57.9 Å². The molecule has 1 aliphatic carbocycles. The highest BCUT2D eigenvalue weighted by Gasteiger charge is 2.23. The minimum absolute atomic E-state index is 0.0590. The average Bonchev–Trinajstić information content (AvgIpc) is 2.73. The lowest BCUT2D eigenvalue weighted by Crippen LogP contribution is -2.24. The first kappa shape index (κ1) is 17.2. The van der Waals surface area contributed by atoms with Crippen molar-refractivity contribution < 1.29 is 4.39 Å². The highest BCUT2D eigenvalue weighted by atomic mass is 79.9. The van der Waals surface area contributed by atoms with Gasteiger partial charge in [-0.1, -0.05) is 63.1 Å². The molecule has 118 valence electrons. The maximum absolute atomic E-state index is 14.5. The zero-order valence-electron chi connectivity index (χ0n) is 12.6. The van der Waals surface area contributed by atoms with E-state index < -0.39 is 0 Å².